The first-order chi connectivity index (χ1) is 13.7. The van der Waals surface area contributed by atoms with Crippen molar-refractivity contribution >= 4 is 27.0 Å². The Balaban J connectivity index is 1.55. The van der Waals surface area contributed by atoms with Crippen LogP contribution >= 0.6 is 0 Å². The summed E-state index contributed by atoms with van der Waals surface area (Å²) in [7, 11) is -4.10. The van der Waals surface area contributed by atoms with E-state index >= 15 is 0 Å². The number of rotatable bonds is 5. The molecule has 1 N–H and O–H groups in total. The number of halogens is 3. The molecule has 0 bridgehead atoms. The van der Waals surface area contributed by atoms with Gasteiger partial charge >= 0.3 is 6.18 Å². The molecule has 0 saturated carbocycles. The fourth-order valence-electron chi connectivity index (χ4n) is 2.62. The van der Waals surface area contributed by atoms with Crippen molar-refractivity contribution < 1.29 is 26.2 Å². The molecular weight excluding hydrogens is 413 g/mol. The van der Waals surface area contributed by atoms with Crippen molar-refractivity contribution in [2.24, 2.45) is 0 Å². The van der Waals surface area contributed by atoms with Crippen LogP contribution in [0.5, 0.6) is 0 Å². The van der Waals surface area contributed by atoms with Gasteiger partial charge in [0.05, 0.1) is 12.1 Å². The van der Waals surface area contributed by atoms with Gasteiger partial charge in [-0.2, -0.15) is 18.2 Å². The number of fused-ring (bicyclic) bond motifs is 1. The first-order valence-electron chi connectivity index (χ1n) is 8.02. The Hall–Kier alpha value is -3.48. The highest BCUT2D eigenvalue weighted by Gasteiger charge is 2.30. The summed E-state index contributed by atoms with van der Waals surface area (Å²) in [4.78, 5) is 3.67. The van der Waals surface area contributed by atoms with Gasteiger partial charge in [-0.1, -0.05) is 18.2 Å². The molecule has 2 aromatic carbocycles. The molecule has 150 valence electrons. The molecule has 29 heavy (non-hydrogen) atoms. The average Bonchev–Trinajstić information content (AvgIpc) is 3.29. The second kappa shape index (κ2) is 6.84. The lowest BCUT2D eigenvalue weighted by Crippen LogP contribution is -2.15. The lowest BCUT2D eigenvalue weighted by molar-refractivity contribution is -0.137. The monoisotopic (exact) mass is 424 g/mol. The summed E-state index contributed by atoms with van der Waals surface area (Å²) < 4.78 is 71.6. The van der Waals surface area contributed by atoms with E-state index in [1.54, 1.807) is 0 Å². The molecule has 0 spiro atoms. The molecule has 4 rings (SSSR count). The SMILES string of the molecule is O=S(=O)(Nc1ncn(Cc2cccc(C(F)(F)F)c2)n1)c1cccc2nonc12. The molecule has 9 nitrogen and oxygen atoms in total. The summed E-state index contributed by atoms with van der Waals surface area (Å²) in [6, 6.07) is 9.06. The standard InChI is InChI=1S/C16H11F3N6O3S/c17-16(18,19)11-4-1-3-10(7-11)8-25-9-20-15(21-25)24-29(26,27)13-6-2-5-12-14(13)23-28-22-12/h1-7,9H,8H2,(H,21,24). The Morgan fingerprint density at radius 3 is 2.69 bits per heavy atom. The Morgan fingerprint density at radius 2 is 1.90 bits per heavy atom. The number of sulfonamides is 1. The topological polar surface area (TPSA) is 116 Å². The van der Waals surface area contributed by atoms with E-state index in [-0.39, 0.29) is 28.4 Å². The van der Waals surface area contributed by atoms with E-state index < -0.39 is 21.8 Å². The predicted molar refractivity (Wildman–Crippen MR) is 93.2 cm³/mol. The Labute approximate surface area is 161 Å². The van der Waals surface area contributed by atoms with Crippen molar-refractivity contribution in [2.75, 3.05) is 4.72 Å². The van der Waals surface area contributed by atoms with Crippen LogP contribution in [-0.2, 0) is 22.7 Å². The number of nitrogens with one attached hydrogen (secondary N) is 1. The second-order valence-electron chi connectivity index (χ2n) is 5.96. The summed E-state index contributed by atoms with van der Waals surface area (Å²) in [5, 5.41) is 11.1. The lowest BCUT2D eigenvalue weighted by Gasteiger charge is -2.08. The number of benzene rings is 2. The van der Waals surface area contributed by atoms with Crippen LogP contribution in [0.3, 0.4) is 0 Å². The van der Waals surface area contributed by atoms with Crippen LogP contribution in [0.4, 0.5) is 19.1 Å². The maximum Gasteiger partial charge on any atom is 0.416 e. The molecule has 2 heterocycles. The molecule has 0 fully saturated rings. The highest BCUT2D eigenvalue weighted by Crippen LogP contribution is 2.29. The Bertz CT molecular complexity index is 1280. The maximum absolute atomic E-state index is 12.8. The van der Waals surface area contributed by atoms with E-state index in [2.05, 4.69) is 29.7 Å². The summed E-state index contributed by atoms with van der Waals surface area (Å²) >= 11 is 0. The summed E-state index contributed by atoms with van der Waals surface area (Å²) in [5.74, 6) is -0.245. The van der Waals surface area contributed by atoms with Gasteiger partial charge in [-0.15, -0.1) is 5.10 Å². The number of hydrogen-bond donors (Lipinski definition) is 1. The van der Waals surface area contributed by atoms with E-state index in [4.69, 9.17) is 0 Å². The number of alkyl halides is 3. The maximum atomic E-state index is 12.8. The first kappa shape index (κ1) is 18.9. The van der Waals surface area contributed by atoms with E-state index in [1.807, 2.05) is 0 Å². The predicted octanol–water partition coefficient (Wildman–Crippen LogP) is 2.68. The largest absolute Gasteiger partial charge is 0.416 e. The van der Waals surface area contributed by atoms with Gasteiger partial charge in [0.1, 0.15) is 16.7 Å². The van der Waals surface area contributed by atoms with Gasteiger partial charge in [-0.05, 0) is 40.1 Å². The van der Waals surface area contributed by atoms with Gasteiger partial charge < -0.3 is 0 Å². The molecule has 0 saturated heterocycles. The first-order valence-corrected chi connectivity index (χ1v) is 9.50. The zero-order chi connectivity index (χ0) is 20.6. The van der Waals surface area contributed by atoms with Crippen molar-refractivity contribution in [1.29, 1.82) is 0 Å². The van der Waals surface area contributed by atoms with E-state index in [1.165, 1.54) is 41.3 Å². The molecule has 0 aliphatic rings. The van der Waals surface area contributed by atoms with E-state index in [0.29, 0.717) is 5.56 Å². The molecule has 0 radical (unpaired) electrons. The molecule has 0 unspecified atom stereocenters. The lowest BCUT2D eigenvalue weighted by atomic mass is 10.1. The van der Waals surface area contributed by atoms with Crippen LogP contribution in [0.1, 0.15) is 11.1 Å². The molecule has 2 aromatic heterocycles. The number of anilines is 1. The summed E-state index contributed by atoms with van der Waals surface area (Å²) in [6.45, 7) is -0.0264. The molecule has 0 amide bonds. The molecule has 0 aliphatic heterocycles. The quantitative estimate of drug-likeness (QED) is 0.524. The van der Waals surface area contributed by atoms with Crippen LogP contribution in [0.2, 0.25) is 0 Å². The van der Waals surface area contributed by atoms with Gasteiger partial charge in [-0.25, -0.2) is 22.5 Å². The van der Waals surface area contributed by atoms with Crippen LogP contribution in [0.25, 0.3) is 11.0 Å². The summed E-state index contributed by atoms with van der Waals surface area (Å²) in [5.41, 5.74) is -0.151. The molecule has 4 aromatic rings. The zero-order valence-electron chi connectivity index (χ0n) is 14.3. The number of nitrogens with zero attached hydrogens (tertiary/aromatic N) is 5. The van der Waals surface area contributed by atoms with Crippen molar-refractivity contribution in [3.63, 3.8) is 0 Å². The Morgan fingerprint density at radius 1 is 1.10 bits per heavy atom. The van der Waals surface area contributed by atoms with Crippen molar-refractivity contribution in [1.82, 2.24) is 25.1 Å². The van der Waals surface area contributed by atoms with Gasteiger partial charge in [0.25, 0.3) is 16.0 Å². The highest BCUT2D eigenvalue weighted by atomic mass is 32.2. The van der Waals surface area contributed by atoms with E-state index in [0.717, 1.165) is 12.1 Å². The Kier molecular flexibility index (Phi) is 4.45. The minimum Gasteiger partial charge on any atom is -0.246 e. The van der Waals surface area contributed by atoms with Crippen LogP contribution in [-0.4, -0.2) is 33.5 Å². The number of hydrogen-bond acceptors (Lipinski definition) is 7. The van der Waals surface area contributed by atoms with Gasteiger partial charge in [0.15, 0.2) is 5.52 Å². The van der Waals surface area contributed by atoms with Gasteiger partial charge in [-0.3, -0.25) is 0 Å². The van der Waals surface area contributed by atoms with Gasteiger partial charge in [0.2, 0.25) is 0 Å². The minimum absolute atomic E-state index is 0.0264. The van der Waals surface area contributed by atoms with Crippen molar-refractivity contribution in [3.05, 3.63) is 59.9 Å². The highest BCUT2D eigenvalue weighted by molar-refractivity contribution is 7.93. The minimum atomic E-state index is -4.46. The molecule has 0 atom stereocenters. The van der Waals surface area contributed by atoms with E-state index in [9.17, 15) is 21.6 Å². The smallest absolute Gasteiger partial charge is 0.246 e. The molecule has 0 aliphatic carbocycles. The fourth-order valence-corrected chi connectivity index (χ4v) is 3.72. The van der Waals surface area contributed by atoms with Crippen molar-refractivity contribution in [3.8, 4) is 0 Å². The zero-order valence-corrected chi connectivity index (χ0v) is 15.1. The fraction of sp³-hybridized carbons (Fsp3) is 0.125. The molecular formula is C16H11F3N6O3S. The second-order valence-corrected chi connectivity index (χ2v) is 7.61. The number of aromatic nitrogens is 5. The summed E-state index contributed by atoms with van der Waals surface area (Å²) in [6.07, 6.45) is -3.26. The van der Waals surface area contributed by atoms with Crippen LogP contribution in [0.15, 0.2) is 58.3 Å². The third-order valence-corrected chi connectivity index (χ3v) is 5.26. The third-order valence-electron chi connectivity index (χ3n) is 3.90. The normalized spacial score (nSPS) is 12.4. The van der Waals surface area contributed by atoms with Crippen molar-refractivity contribution in [2.45, 2.75) is 17.6 Å². The molecule has 13 heteroatoms. The van der Waals surface area contributed by atoms with Crippen LogP contribution < -0.4 is 4.72 Å². The van der Waals surface area contributed by atoms with Crippen LogP contribution in [0, 0.1) is 0 Å². The van der Waals surface area contributed by atoms with Gasteiger partial charge in [0, 0.05) is 0 Å². The third kappa shape index (κ3) is 3.89. The average molecular weight is 424 g/mol.